The minimum absolute atomic E-state index is 0.347. The molecular weight excluding hydrogens is 250 g/mol. The molecule has 5 heteroatoms. The highest BCUT2D eigenvalue weighted by Crippen LogP contribution is 2.19. The number of hydrogen-bond acceptors (Lipinski definition) is 5. The van der Waals surface area contributed by atoms with Gasteiger partial charge < -0.3 is 15.5 Å². The summed E-state index contributed by atoms with van der Waals surface area (Å²) in [5.41, 5.74) is 0.347. The Morgan fingerprint density at radius 3 is 2.90 bits per heavy atom. The molecule has 0 aliphatic carbocycles. The summed E-state index contributed by atoms with van der Waals surface area (Å²) in [5, 5.41) is 6.81. The second kappa shape index (κ2) is 6.88. The van der Waals surface area contributed by atoms with Gasteiger partial charge in [0.1, 0.15) is 18.0 Å². The van der Waals surface area contributed by atoms with Crippen LogP contribution < -0.4 is 15.5 Å². The van der Waals surface area contributed by atoms with E-state index in [2.05, 4.69) is 52.3 Å². The van der Waals surface area contributed by atoms with Gasteiger partial charge in [0.25, 0.3) is 0 Å². The number of anilines is 2. The number of nitrogens with one attached hydrogen (secondary N) is 2. The Morgan fingerprint density at radius 1 is 1.25 bits per heavy atom. The van der Waals surface area contributed by atoms with E-state index < -0.39 is 0 Å². The van der Waals surface area contributed by atoms with Crippen LogP contribution in [0.5, 0.6) is 0 Å². The topological polar surface area (TPSA) is 53.1 Å². The molecule has 0 spiro atoms. The molecule has 0 bridgehead atoms. The van der Waals surface area contributed by atoms with Crippen LogP contribution in [0.2, 0.25) is 0 Å². The van der Waals surface area contributed by atoms with Gasteiger partial charge in [-0.15, -0.1) is 0 Å². The predicted octanol–water partition coefficient (Wildman–Crippen LogP) is 2.12. The lowest BCUT2D eigenvalue weighted by molar-refractivity contribution is 0.389. The quantitative estimate of drug-likeness (QED) is 0.883. The van der Waals surface area contributed by atoms with Gasteiger partial charge in [0.05, 0.1) is 0 Å². The monoisotopic (exact) mass is 277 g/mol. The van der Waals surface area contributed by atoms with Gasteiger partial charge in [0.15, 0.2) is 0 Å². The fourth-order valence-electron chi connectivity index (χ4n) is 2.26. The fourth-order valence-corrected chi connectivity index (χ4v) is 2.26. The van der Waals surface area contributed by atoms with E-state index in [9.17, 15) is 0 Å². The summed E-state index contributed by atoms with van der Waals surface area (Å²) >= 11 is 0. The van der Waals surface area contributed by atoms with Crippen molar-refractivity contribution in [1.29, 1.82) is 0 Å². The summed E-state index contributed by atoms with van der Waals surface area (Å²) in [4.78, 5) is 11.1. The molecule has 112 valence electrons. The van der Waals surface area contributed by atoms with Crippen molar-refractivity contribution in [2.75, 3.05) is 42.9 Å². The van der Waals surface area contributed by atoms with Crippen molar-refractivity contribution in [3.05, 3.63) is 12.4 Å². The van der Waals surface area contributed by atoms with E-state index in [-0.39, 0.29) is 0 Å². The van der Waals surface area contributed by atoms with E-state index in [1.807, 2.05) is 0 Å². The van der Waals surface area contributed by atoms with Gasteiger partial charge in [-0.3, -0.25) is 0 Å². The molecule has 1 aliphatic heterocycles. The zero-order valence-corrected chi connectivity index (χ0v) is 12.9. The Kier molecular flexibility index (Phi) is 5.17. The molecule has 0 unspecified atom stereocenters. The normalized spacial score (nSPS) is 16.9. The predicted molar refractivity (Wildman–Crippen MR) is 84.3 cm³/mol. The van der Waals surface area contributed by atoms with Gasteiger partial charge in [-0.1, -0.05) is 20.8 Å². The minimum Gasteiger partial charge on any atom is -0.370 e. The van der Waals surface area contributed by atoms with Gasteiger partial charge in [-0.2, -0.15) is 0 Å². The molecule has 1 saturated heterocycles. The van der Waals surface area contributed by atoms with Crippen molar-refractivity contribution in [2.45, 2.75) is 33.6 Å². The number of rotatable bonds is 4. The number of nitrogens with zero attached hydrogens (tertiary/aromatic N) is 3. The maximum absolute atomic E-state index is 4.41. The molecule has 0 amide bonds. The Bertz CT molecular complexity index is 405. The summed E-state index contributed by atoms with van der Waals surface area (Å²) in [6.45, 7) is 11.9. The molecule has 2 rings (SSSR count). The van der Waals surface area contributed by atoms with E-state index in [4.69, 9.17) is 0 Å². The van der Waals surface area contributed by atoms with Gasteiger partial charge in [0.2, 0.25) is 0 Å². The molecular formula is C15H27N5. The first-order valence-corrected chi connectivity index (χ1v) is 7.56. The minimum atomic E-state index is 0.347. The van der Waals surface area contributed by atoms with Crippen molar-refractivity contribution in [3.63, 3.8) is 0 Å². The van der Waals surface area contributed by atoms with Crippen molar-refractivity contribution < 1.29 is 0 Å². The fraction of sp³-hybridized carbons (Fsp3) is 0.733. The lowest BCUT2D eigenvalue weighted by Gasteiger charge is -2.22. The Labute approximate surface area is 122 Å². The first kappa shape index (κ1) is 15.0. The summed E-state index contributed by atoms with van der Waals surface area (Å²) < 4.78 is 0. The molecule has 0 saturated carbocycles. The van der Waals surface area contributed by atoms with Crippen LogP contribution in [-0.2, 0) is 0 Å². The van der Waals surface area contributed by atoms with E-state index in [1.54, 1.807) is 6.33 Å². The second-order valence-corrected chi connectivity index (χ2v) is 6.59. The summed E-state index contributed by atoms with van der Waals surface area (Å²) in [7, 11) is 0. The average molecular weight is 277 g/mol. The van der Waals surface area contributed by atoms with Crippen LogP contribution in [0.1, 0.15) is 33.6 Å². The summed E-state index contributed by atoms with van der Waals surface area (Å²) in [5.74, 6) is 1.96. The molecule has 0 aromatic carbocycles. The van der Waals surface area contributed by atoms with Crippen LogP contribution >= 0.6 is 0 Å². The third-order valence-corrected chi connectivity index (χ3v) is 3.50. The average Bonchev–Trinajstić information content (AvgIpc) is 2.66. The van der Waals surface area contributed by atoms with E-state index >= 15 is 0 Å². The van der Waals surface area contributed by atoms with Crippen LogP contribution in [0, 0.1) is 5.41 Å². The lowest BCUT2D eigenvalue weighted by Crippen LogP contribution is -2.28. The van der Waals surface area contributed by atoms with E-state index in [0.29, 0.717) is 5.41 Å². The third kappa shape index (κ3) is 4.96. The van der Waals surface area contributed by atoms with Crippen molar-refractivity contribution in [3.8, 4) is 0 Å². The van der Waals surface area contributed by atoms with Crippen LogP contribution in [0.25, 0.3) is 0 Å². The maximum atomic E-state index is 4.41. The zero-order chi connectivity index (χ0) is 14.4. The molecule has 1 aromatic rings. The SMILES string of the molecule is CC(C)(C)CCNc1cc(N2CCCNCC2)ncn1. The standard InChI is InChI=1S/C15H27N5/c1-15(2,3)5-7-17-13-11-14(19-12-18-13)20-9-4-6-16-8-10-20/h11-12,16H,4-10H2,1-3H3,(H,17,18,19). The Hall–Kier alpha value is -1.36. The van der Waals surface area contributed by atoms with Gasteiger partial charge in [-0.05, 0) is 24.8 Å². The highest BCUT2D eigenvalue weighted by Gasteiger charge is 2.12. The van der Waals surface area contributed by atoms with Gasteiger partial charge in [-0.25, -0.2) is 9.97 Å². The summed E-state index contributed by atoms with van der Waals surface area (Å²) in [6, 6.07) is 2.06. The molecule has 1 fully saturated rings. The highest BCUT2D eigenvalue weighted by molar-refractivity contribution is 5.48. The van der Waals surface area contributed by atoms with Gasteiger partial charge >= 0.3 is 0 Å². The first-order chi connectivity index (χ1) is 9.54. The molecule has 20 heavy (non-hydrogen) atoms. The van der Waals surface area contributed by atoms with Gasteiger partial charge in [0, 0.05) is 32.2 Å². The van der Waals surface area contributed by atoms with Crippen LogP contribution in [0.15, 0.2) is 12.4 Å². The molecule has 1 aromatic heterocycles. The molecule has 0 radical (unpaired) electrons. The Morgan fingerprint density at radius 2 is 2.10 bits per heavy atom. The van der Waals surface area contributed by atoms with E-state index in [1.165, 1.54) is 0 Å². The molecule has 0 atom stereocenters. The first-order valence-electron chi connectivity index (χ1n) is 7.56. The maximum Gasteiger partial charge on any atom is 0.134 e. The summed E-state index contributed by atoms with van der Waals surface area (Å²) in [6.07, 6.45) is 3.95. The van der Waals surface area contributed by atoms with Crippen LogP contribution in [-0.4, -0.2) is 42.7 Å². The van der Waals surface area contributed by atoms with E-state index in [0.717, 1.165) is 57.2 Å². The molecule has 2 N–H and O–H groups in total. The largest absolute Gasteiger partial charge is 0.370 e. The van der Waals surface area contributed by atoms with Crippen molar-refractivity contribution >= 4 is 11.6 Å². The lowest BCUT2D eigenvalue weighted by atomic mass is 9.92. The number of hydrogen-bond donors (Lipinski definition) is 2. The van der Waals surface area contributed by atoms with Crippen molar-refractivity contribution in [2.24, 2.45) is 5.41 Å². The Balaban J connectivity index is 1.93. The molecule has 5 nitrogen and oxygen atoms in total. The zero-order valence-electron chi connectivity index (χ0n) is 12.9. The third-order valence-electron chi connectivity index (χ3n) is 3.50. The molecule has 2 heterocycles. The smallest absolute Gasteiger partial charge is 0.134 e. The van der Waals surface area contributed by atoms with Crippen molar-refractivity contribution in [1.82, 2.24) is 15.3 Å². The molecule has 1 aliphatic rings. The second-order valence-electron chi connectivity index (χ2n) is 6.59. The highest BCUT2D eigenvalue weighted by atomic mass is 15.2. The van der Waals surface area contributed by atoms with Crippen LogP contribution in [0.4, 0.5) is 11.6 Å². The number of aromatic nitrogens is 2. The van der Waals surface area contributed by atoms with Crippen LogP contribution in [0.3, 0.4) is 0 Å².